The number of nitrogens with two attached hydrogens (primary N) is 1. The van der Waals surface area contributed by atoms with Gasteiger partial charge >= 0.3 is 0 Å². The van der Waals surface area contributed by atoms with E-state index in [1.807, 2.05) is 0 Å². The van der Waals surface area contributed by atoms with E-state index in [4.69, 9.17) is 10.7 Å². The van der Waals surface area contributed by atoms with Crippen LogP contribution in [0.15, 0.2) is 0 Å². The number of piperidine rings is 1. The molecule has 0 radical (unpaired) electrons. The molecule has 1 saturated heterocycles. The highest BCUT2D eigenvalue weighted by Gasteiger charge is 2.21. The van der Waals surface area contributed by atoms with E-state index in [1.54, 1.807) is 11.3 Å². The molecular formula is C15H28N4S. The van der Waals surface area contributed by atoms with Gasteiger partial charge in [-0.05, 0) is 44.8 Å². The molecule has 0 aliphatic carbocycles. The Morgan fingerprint density at radius 2 is 2.05 bits per heavy atom. The first-order valence-electron chi connectivity index (χ1n) is 7.60. The molecule has 2 heterocycles. The van der Waals surface area contributed by atoms with Gasteiger partial charge in [-0.2, -0.15) is 0 Å². The molecule has 0 spiro atoms. The Bertz CT molecular complexity index is 422. The Morgan fingerprint density at radius 3 is 2.55 bits per heavy atom. The second-order valence-corrected chi connectivity index (χ2v) is 7.35. The summed E-state index contributed by atoms with van der Waals surface area (Å²) < 4.78 is 0. The molecule has 1 aliphatic heterocycles. The third kappa shape index (κ3) is 3.71. The van der Waals surface area contributed by atoms with Crippen molar-refractivity contribution in [3.63, 3.8) is 0 Å². The number of hydrogen-bond donors (Lipinski definition) is 1. The summed E-state index contributed by atoms with van der Waals surface area (Å²) >= 11 is 1.76. The third-order valence-electron chi connectivity index (χ3n) is 4.15. The van der Waals surface area contributed by atoms with Gasteiger partial charge in [0.05, 0.1) is 5.69 Å². The molecule has 1 aromatic rings. The lowest BCUT2D eigenvalue weighted by Crippen LogP contribution is -2.35. The number of thiazole rings is 1. The number of hydrogen-bond acceptors (Lipinski definition) is 5. The lowest BCUT2D eigenvalue weighted by Gasteiger charge is -2.31. The van der Waals surface area contributed by atoms with E-state index < -0.39 is 0 Å². The summed E-state index contributed by atoms with van der Waals surface area (Å²) in [6.45, 7) is 8.55. The Labute approximate surface area is 127 Å². The minimum Gasteiger partial charge on any atom is -0.351 e. The van der Waals surface area contributed by atoms with Gasteiger partial charge in [0.15, 0.2) is 5.13 Å². The van der Waals surface area contributed by atoms with Crippen molar-refractivity contribution in [2.45, 2.75) is 39.2 Å². The number of rotatable bonds is 5. The first-order valence-corrected chi connectivity index (χ1v) is 8.42. The van der Waals surface area contributed by atoms with E-state index in [0.717, 1.165) is 17.6 Å². The maximum Gasteiger partial charge on any atom is 0.185 e. The van der Waals surface area contributed by atoms with Crippen molar-refractivity contribution in [2.24, 2.45) is 11.7 Å². The van der Waals surface area contributed by atoms with Gasteiger partial charge in [-0.1, -0.05) is 13.8 Å². The van der Waals surface area contributed by atoms with Crippen LogP contribution in [0.2, 0.25) is 0 Å². The summed E-state index contributed by atoms with van der Waals surface area (Å²) in [4.78, 5) is 10.8. The van der Waals surface area contributed by atoms with Gasteiger partial charge in [-0.25, -0.2) is 4.98 Å². The highest BCUT2D eigenvalue weighted by Crippen LogP contribution is 2.31. The zero-order chi connectivity index (χ0) is 14.7. The van der Waals surface area contributed by atoms with Crippen molar-refractivity contribution in [1.82, 2.24) is 9.88 Å². The second kappa shape index (κ2) is 6.87. The van der Waals surface area contributed by atoms with Crippen LogP contribution in [0.5, 0.6) is 0 Å². The third-order valence-corrected chi connectivity index (χ3v) is 5.35. The van der Waals surface area contributed by atoms with Crippen LogP contribution in [0.25, 0.3) is 0 Å². The van der Waals surface area contributed by atoms with E-state index in [-0.39, 0.29) is 0 Å². The highest BCUT2D eigenvalue weighted by molar-refractivity contribution is 7.15. The van der Waals surface area contributed by atoms with E-state index >= 15 is 0 Å². The largest absolute Gasteiger partial charge is 0.351 e. The van der Waals surface area contributed by atoms with Crippen molar-refractivity contribution in [1.29, 1.82) is 0 Å². The molecule has 4 nitrogen and oxygen atoms in total. The molecule has 1 fully saturated rings. The van der Waals surface area contributed by atoms with E-state index in [2.05, 4.69) is 37.7 Å². The maximum absolute atomic E-state index is 5.85. The summed E-state index contributed by atoms with van der Waals surface area (Å²) in [6, 6.07) is 0. The Kier molecular flexibility index (Phi) is 5.41. The number of likely N-dealkylation sites (tertiary alicyclic amines) is 1. The molecule has 1 aliphatic rings. The molecule has 5 heteroatoms. The average molecular weight is 296 g/mol. The molecule has 2 rings (SSSR count). The Morgan fingerprint density at radius 1 is 1.40 bits per heavy atom. The molecule has 20 heavy (non-hydrogen) atoms. The first kappa shape index (κ1) is 15.7. The summed E-state index contributed by atoms with van der Waals surface area (Å²) in [5.74, 6) is 1.25. The van der Waals surface area contributed by atoms with Gasteiger partial charge in [-0.15, -0.1) is 11.3 Å². The maximum atomic E-state index is 5.85. The van der Waals surface area contributed by atoms with Crippen LogP contribution >= 0.6 is 11.3 Å². The van der Waals surface area contributed by atoms with Gasteiger partial charge in [0.25, 0.3) is 0 Å². The van der Waals surface area contributed by atoms with Crippen LogP contribution < -0.4 is 10.6 Å². The van der Waals surface area contributed by atoms with Gasteiger partial charge in [0, 0.05) is 25.0 Å². The van der Waals surface area contributed by atoms with Gasteiger partial charge in [0.1, 0.15) is 0 Å². The fourth-order valence-electron chi connectivity index (χ4n) is 2.82. The smallest absolute Gasteiger partial charge is 0.185 e. The van der Waals surface area contributed by atoms with Gasteiger partial charge in [-0.3, -0.25) is 0 Å². The Hall–Kier alpha value is -0.650. The van der Waals surface area contributed by atoms with Crippen LogP contribution in [0.4, 0.5) is 5.13 Å². The topological polar surface area (TPSA) is 45.4 Å². The molecule has 0 saturated carbocycles. The van der Waals surface area contributed by atoms with E-state index in [0.29, 0.717) is 12.5 Å². The predicted octanol–water partition coefficient (Wildman–Crippen LogP) is 2.50. The average Bonchev–Trinajstić information content (AvgIpc) is 2.86. The van der Waals surface area contributed by atoms with Crippen LogP contribution in [0.3, 0.4) is 0 Å². The van der Waals surface area contributed by atoms with Crippen LogP contribution in [-0.4, -0.2) is 43.6 Å². The highest BCUT2D eigenvalue weighted by atomic mass is 32.1. The summed E-state index contributed by atoms with van der Waals surface area (Å²) in [5, 5.41) is 1.13. The van der Waals surface area contributed by atoms with Crippen molar-refractivity contribution >= 4 is 16.5 Å². The summed E-state index contributed by atoms with van der Waals surface area (Å²) in [7, 11) is 4.38. The minimum absolute atomic E-state index is 0.454. The van der Waals surface area contributed by atoms with Crippen molar-refractivity contribution in [3.05, 3.63) is 10.6 Å². The zero-order valence-corrected chi connectivity index (χ0v) is 14.0. The minimum atomic E-state index is 0.454. The van der Waals surface area contributed by atoms with Crippen LogP contribution in [-0.2, 0) is 6.54 Å². The molecule has 114 valence electrons. The normalized spacial score (nSPS) is 17.9. The second-order valence-electron chi connectivity index (χ2n) is 6.29. The number of anilines is 1. The molecule has 0 atom stereocenters. The summed E-state index contributed by atoms with van der Waals surface area (Å²) in [5.41, 5.74) is 7.03. The SMILES string of the molecule is CC(C)c1nc(N(C)CC2CCN(C)CC2)sc1CN. The predicted molar refractivity (Wildman–Crippen MR) is 87.6 cm³/mol. The molecule has 0 unspecified atom stereocenters. The molecule has 1 aromatic heterocycles. The monoisotopic (exact) mass is 296 g/mol. The van der Waals surface area contributed by atoms with Crippen molar-refractivity contribution in [3.8, 4) is 0 Å². The van der Waals surface area contributed by atoms with Crippen molar-refractivity contribution < 1.29 is 0 Å². The molecule has 0 aromatic carbocycles. The fraction of sp³-hybridized carbons (Fsp3) is 0.800. The Balaban J connectivity index is 2.00. The number of nitrogens with zero attached hydrogens (tertiary/aromatic N) is 3. The fourth-order valence-corrected chi connectivity index (χ4v) is 3.89. The molecule has 0 bridgehead atoms. The number of aromatic nitrogens is 1. The molecule has 0 amide bonds. The van der Waals surface area contributed by atoms with Crippen molar-refractivity contribution in [2.75, 3.05) is 38.6 Å². The standard InChI is InChI=1S/C15H28N4S/c1-11(2)14-13(9-16)20-15(17-14)19(4)10-12-5-7-18(3)8-6-12/h11-12H,5-10,16H2,1-4H3. The lowest BCUT2D eigenvalue weighted by atomic mass is 9.97. The van der Waals surface area contributed by atoms with E-state index in [9.17, 15) is 0 Å². The first-order chi connectivity index (χ1) is 9.51. The zero-order valence-electron chi connectivity index (χ0n) is 13.2. The molecular weight excluding hydrogens is 268 g/mol. The van der Waals surface area contributed by atoms with Crippen LogP contribution in [0.1, 0.15) is 43.2 Å². The quantitative estimate of drug-likeness (QED) is 0.907. The summed E-state index contributed by atoms with van der Waals surface area (Å²) in [6.07, 6.45) is 2.60. The van der Waals surface area contributed by atoms with Gasteiger partial charge in [0.2, 0.25) is 0 Å². The van der Waals surface area contributed by atoms with Crippen LogP contribution in [0, 0.1) is 5.92 Å². The van der Waals surface area contributed by atoms with Gasteiger partial charge < -0.3 is 15.5 Å². The van der Waals surface area contributed by atoms with E-state index in [1.165, 1.54) is 36.5 Å². The molecule has 2 N–H and O–H groups in total. The lowest BCUT2D eigenvalue weighted by molar-refractivity contribution is 0.222.